The fourth-order valence-corrected chi connectivity index (χ4v) is 1.77. The van der Waals surface area contributed by atoms with Crippen LogP contribution in [0.1, 0.15) is 6.42 Å². The largest absolute Gasteiger partial charge is 0.355 e. The molecule has 0 aliphatic carbocycles. The molecule has 2 rings (SSSR count). The zero-order valence-electron chi connectivity index (χ0n) is 9.72. The summed E-state index contributed by atoms with van der Waals surface area (Å²) in [5.74, 6) is 0.0655. The fraction of sp³-hybridized carbons (Fsp3) is 0.700. The number of hydrogen-bond acceptors (Lipinski definition) is 5. The molecule has 1 fully saturated rings. The smallest absolute Gasteiger partial charge is 0.238 e. The summed E-state index contributed by atoms with van der Waals surface area (Å²) in [4.78, 5) is 11.7. The summed E-state index contributed by atoms with van der Waals surface area (Å²) in [6, 6.07) is -0.102. The number of piperazine rings is 1. The molecule has 7 heteroatoms. The van der Waals surface area contributed by atoms with Crippen molar-refractivity contribution in [3.8, 4) is 0 Å². The molecule has 17 heavy (non-hydrogen) atoms. The van der Waals surface area contributed by atoms with E-state index < -0.39 is 0 Å². The lowest BCUT2D eigenvalue weighted by atomic mass is 10.2. The molecule has 1 aliphatic rings. The monoisotopic (exact) mass is 238 g/mol. The van der Waals surface area contributed by atoms with Crippen molar-refractivity contribution in [1.29, 1.82) is 0 Å². The van der Waals surface area contributed by atoms with Crippen LogP contribution >= 0.6 is 0 Å². The van der Waals surface area contributed by atoms with E-state index in [1.54, 1.807) is 10.9 Å². The average molecular weight is 238 g/mol. The molecule has 0 radical (unpaired) electrons. The molecule has 0 aromatic carbocycles. The zero-order chi connectivity index (χ0) is 11.9. The van der Waals surface area contributed by atoms with Gasteiger partial charge in [0, 0.05) is 38.9 Å². The third-order valence-electron chi connectivity index (χ3n) is 2.69. The van der Waals surface area contributed by atoms with Gasteiger partial charge in [-0.05, 0) is 6.42 Å². The van der Waals surface area contributed by atoms with E-state index in [4.69, 9.17) is 0 Å². The van der Waals surface area contributed by atoms with E-state index in [-0.39, 0.29) is 11.9 Å². The molecule has 0 saturated carbocycles. The van der Waals surface area contributed by atoms with Gasteiger partial charge in [-0.2, -0.15) is 0 Å². The van der Waals surface area contributed by atoms with Crippen molar-refractivity contribution in [2.75, 3.05) is 26.2 Å². The predicted molar refractivity (Wildman–Crippen MR) is 62.3 cm³/mol. The number of aryl methyl sites for hydroxylation is 1. The minimum atomic E-state index is -0.102. The molecule has 1 aromatic rings. The van der Waals surface area contributed by atoms with Crippen LogP contribution in [0.3, 0.4) is 0 Å². The quantitative estimate of drug-likeness (QED) is 0.535. The van der Waals surface area contributed by atoms with Crippen LogP contribution in [0.25, 0.3) is 0 Å². The van der Waals surface area contributed by atoms with Crippen LogP contribution < -0.4 is 16.0 Å². The first-order valence-electron chi connectivity index (χ1n) is 5.92. The van der Waals surface area contributed by atoms with Crippen molar-refractivity contribution >= 4 is 5.91 Å². The Labute approximate surface area is 100.0 Å². The van der Waals surface area contributed by atoms with Crippen LogP contribution in [0.15, 0.2) is 12.4 Å². The molecule has 3 N–H and O–H groups in total. The number of carbonyl (C=O) groups excluding carboxylic acids is 1. The summed E-state index contributed by atoms with van der Waals surface area (Å²) in [5.41, 5.74) is 0. The molecule has 1 aromatic heterocycles. The maximum absolute atomic E-state index is 11.7. The van der Waals surface area contributed by atoms with Gasteiger partial charge in [0.05, 0.1) is 12.2 Å². The van der Waals surface area contributed by atoms with Gasteiger partial charge < -0.3 is 16.0 Å². The molecule has 1 amide bonds. The van der Waals surface area contributed by atoms with Crippen molar-refractivity contribution in [3.63, 3.8) is 0 Å². The lowest BCUT2D eigenvalue weighted by molar-refractivity contribution is -0.123. The number of hydrogen-bond donors (Lipinski definition) is 3. The lowest BCUT2D eigenvalue weighted by Gasteiger charge is -2.23. The van der Waals surface area contributed by atoms with Crippen LogP contribution in [0, 0.1) is 0 Å². The van der Waals surface area contributed by atoms with Crippen LogP contribution in [0.4, 0.5) is 0 Å². The highest BCUT2D eigenvalue weighted by Crippen LogP contribution is 1.89. The summed E-state index contributed by atoms with van der Waals surface area (Å²) in [6.07, 6.45) is 4.32. The number of aromatic nitrogens is 3. The Kier molecular flexibility index (Phi) is 4.45. The molecule has 1 saturated heterocycles. The molecule has 7 nitrogen and oxygen atoms in total. The second-order valence-corrected chi connectivity index (χ2v) is 4.02. The van der Waals surface area contributed by atoms with Crippen LogP contribution in [0.2, 0.25) is 0 Å². The number of rotatable bonds is 5. The van der Waals surface area contributed by atoms with Gasteiger partial charge in [0.25, 0.3) is 0 Å². The van der Waals surface area contributed by atoms with E-state index in [9.17, 15) is 4.79 Å². The first-order valence-corrected chi connectivity index (χ1v) is 5.92. The normalized spacial score (nSPS) is 20.1. The Morgan fingerprint density at radius 1 is 1.53 bits per heavy atom. The summed E-state index contributed by atoms with van der Waals surface area (Å²) in [5, 5.41) is 16.8. The highest BCUT2D eigenvalue weighted by atomic mass is 16.2. The van der Waals surface area contributed by atoms with E-state index in [1.807, 2.05) is 6.20 Å². The molecule has 1 atom stereocenters. The number of nitrogens with one attached hydrogen (secondary N) is 3. The fourth-order valence-electron chi connectivity index (χ4n) is 1.77. The Morgan fingerprint density at radius 3 is 3.18 bits per heavy atom. The number of nitrogens with zero attached hydrogens (tertiary/aromatic N) is 3. The molecular weight excluding hydrogens is 220 g/mol. The summed E-state index contributed by atoms with van der Waals surface area (Å²) >= 11 is 0. The Balaban J connectivity index is 1.59. The second kappa shape index (κ2) is 6.31. The molecule has 94 valence electrons. The van der Waals surface area contributed by atoms with Gasteiger partial charge in [-0.3, -0.25) is 9.48 Å². The SMILES string of the molecule is O=C(NCCCn1ccnn1)C1CNCCN1. The standard InChI is InChI=1S/C10H18N6O/c17-10(9-8-11-3-4-12-9)13-2-1-6-16-7-5-14-15-16/h5,7,9,11-12H,1-4,6,8H2,(H,13,17). The molecule has 2 heterocycles. The van der Waals surface area contributed by atoms with Crippen molar-refractivity contribution in [1.82, 2.24) is 30.9 Å². The number of carbonyl (C=O) groups is 1. The third kappa shape index (κ3) is 3.79. The summed E-state index contributed by atoms with van der Waals surface area (Å²) in [7, 11) is 0. The van der Waals surface area contributed by atoms with Crippen molar-refractivity contribution in [3.05, 3.63) is 12.4 Å². The van der Waals surface area contributed by atoms with Gasteiger partial charge in [-0.25, -0.2) is 0 Å². The number of amides is 1. The van der Waals surface area contributed by atoms with Crippen molar-refractivity contribution in [2.24, 2.45) is 0 Å². The van der Waals surface area contributed by atoms with Crippen molar-refractivity contribution < 1.29 is 4.79 Å². The highest BCUT2D eigenvalue weighted by molar-refractivity contribution is 5.82. The van der Waals surface area contributed by atoms with Crippen LogP contribution in [0.5, 0.6) is 0 Å². The van der Waals surface area contributed by atoms with Gasteiger partial charge in [-0.1, -0.05) is 5.21 Å². The highest BCUT2D eigenvalue weighted by Gasteiger charge is 2.19. The molecule has 1 aliphatic heterocycles. The maximum atomic E-state index is 11.7. The molecule has 0 spiro atoms. The maximum Gasteiger partial charge on any atom is 0.238 e. The lowest BCUT2D eigenvalue weighted by Crippen LogP contribution is -2.55. The van der Waals surface area contributed by atoms with Gasteiger partial charge in [0.2, 0.25) is 5.91 Å². The molecule has 1 unspecified atom stereocenters. The Hall–Kier alpha value is -1.47. The van der Waals surface area contributed by atoms with Crippen molar-refractivity contribution in [2.45, 2.75) is 19.0 Å². The topological polar surface area (TPSA) is 83.9 Å². The minimum absolute atomic E-state index is 0.0655. The Morgan fingerprint density at radius 2 is 2.47 bits per heavy atom. The molecular formula is C10H18N6O. The molecule has 0 bridgehead atoms. The third-order valence-corrected chi connectivity index (χ3v) is 2.69. The summed E-state index contributed by atoms with van der Waals surface area (Å²) in [6.45, 7) is 3.91. The Bertz CT molecular complexity index is 333. The average Bonchev–Trinajstić information content (AvgIpc) is 2.88. The van der Waals surface area contributed by atoms with Gasteiger partial charge >= 0.3 is 0 Å². The van der Waals surface area contributed by atoms with Gasteiger partial charge in [0.1, 0.15) is 0 Å². The van der Waals surface area contributed by atoms with E-state index in [0.717, 1.165) is 26.1 Å². The van der Waals surface area contributed by atoms with E-state index in [1.165, 1.54) is 0 Å². The predicted octanol–water partition coefficient (Wildman–Crippen LogP) is -1.65. The first-order chi connectivity index (χ1) is 8.36. The van der Waals surface area contributed by atoms with E-state index in [0.29, 0.717) is 13.1 Å². The van der Waals surface area contributed by atoms with E-state index >= 15 is 0 Å². The van der Waals surface area contributed by atoms with Crippen LogP contribution in [-0.4, -0.2) is 53.1 Å². The second-order valence-electron chi connectivity index (χ2n) is 4.02. The van der Waals surface area contributed by atoms with Gasteiger partial charge in [0.15, 0.2) is 0 Å². The zero-order valence-corrected chi connectivity index (χ0v) is 9.72. The first kappa shape index (κ1) is 12.0. The van der Waals surface area contributed by atoms with E-state index in [2.05, 4.69) is 26.3 Å². The van der Waals surface area contributed by atoms with Crippen LogP contribution in [-0.2, 0) is 11.3 Å². The van der Waals surface area contributed by atoms with Gasteiger partial charge in [-0.15, -0.1) is 5.10 Å². The summed E-state index contributed by atoms with van der Waals surface area (Å²) < 4.78 is 1.76. The minimum Gasteiger partial charge on any atom is -0.355 e.